The van der Waals surface area contributed by atoms with Crippen LogP contribution in [0.1, 0.15) is 18.2 Å². The molecule has 140 valence electrons. The molecule has 4 rings (SSSR count). The van der Waals surface area contributed by atoms with Gasteiger partial charge in [-0.25, -0.2) is 9.67 Å². The summed E-state index contributed by atoms with van der Waals surface area (Å²) < 4.78 is 2.97. The summed E-state index contributed by atoms with van der Waals surface area (Å²) in [6.45, 7) is 4.01. The number of rotatable bonds is 5. The van der Waals surface area contributed by atoms with Crippen LogP contribution in [0.25, 0.3) is 16.9 Å². The van der Waals surface area contributed by atoms with E-state index in [4.69, 9.17) is 0 Å². The number of anilines is 1. The highest BCUT2D eigenvalue weighted by atomic mass is 79.9. The van der Waals surface area contributed by atoms with Gasteiger partial charge in [0.25, 0.3) is 0 Å². The zero-order valence-corrected chi connectivity index (χ0v) is 17.8. The Bertz CT molecular complexity index is 1110. The van der Waals surface area contributed by atoms with Gasteiger partial charge in [0.2, 0.25) is 5.13 Å². The third-order valence-electron chi connectivity index (χ3n) is 4.36. The molecular formula is C21H18BrN5S. The SMILES string of the molecule is C/C(=N\Nc1nc(-c2ccc(Br)cc2)cs1)c1cnn(-c2ccccc2)c1C. The first-order valence-corrected chi connectivity index (χ1v) is 10.4. The molecule has 1 N–H and O–H groups in total. The lowest BCUT2D eigenvalue weighted by atomic mass is 10.2. The van der Waals surface area contributed by atoms with Gasteiger partial charge in [0.1, 0.15) is 0 Å². The van der Waals surface area contributed by atoms with Crippen molar-refractivity contribution < 1.29 is 0 Å². The van der Waals surface area contributed by atoms with Crippen molar-refractivity contribution in [1.82, 2.24) is 14.8 Å². The quantitative estimate of drug-likeness (QED) is 0.303. The van der Waals surface area contributed by atoms with Crippen molar-refractivity contribution in [1.29, 1.82) is 0 Å². The number of nitrogens with zero attached hydrogens (tertiary/aromatic N) is 4. The summed E-state index contributed by atoms with van der Waals surface area (Å²) >= 11 is 4.98. The summed E-state index contributed by atoms with van der Waals surface area (Å²) in [6, 6.07) is 18.2. The zero-order valence-electron chi connectivity index (χ0n) is 15.4. The van der Waals surface area contributed by atoms with Crippen LogP contribution < -0.4 is 5.43 Å². The van der Waals surface area contributed by atoms with Crippen LogP contribution in [-0.4, -0.2) is 20.5 Å². The van der Waals surface area contributed by atoms with E-state index in [2.05, 4.69) is 36.5 Å². The number of aromatic nitrogens is 3. The highest BCUT2D eigenvalue weighted by molar-refractivity contribution is 9.10. The lowest BCUT2D eigenvalue weighted by molar-refractivity contribution is 0.847. The van der Waals surface area contributed by atoms with Crippen molar-refractivity contribution in [3.63, 3.8) is 0 Å². The van der Waals surface area contributed by atoms with Crippen LogP contribution >= 0.6 is 27.3 Å². The number of halogens is 1. The van der Waals surface area contributed by atoms with E-state index >= 15 is 0 Å². The normalized spacial score (nSPS) is 11.6. The lowest BCUT2D eigenvalue weighted by Gasteiger charge is -2.05. The van der Waals surface area contributed by atoms with Gasteiger partial charge >= 0.3 is 0 Å². The molecule has 2 aromatic heterocycles. The molecule has 4 aromatic rings. The minimum absolute atomic E-state index is 0.755. The number of hydrazone groups is 1. The van der Waals surface area contributed by atoms with E-state index in [-0.39, 0.29) is 0 Å². The molecular weight excluding hydrogens is 434 g/mol. The van der Waals surface area contributed by atoms with Gasteiger partial charge in [-0.2, -0.15) is 10.2 Å². The number of para-hydroxylation sites is 1. The van der Waals surface area contributed by atoms with Crippen molar-refractivity contribution >= 4 is 38.1 Å². The molecule has 0 fully saturated rings. The highest BCUT2D eigenvalue weighted by Gasteiger charge is 2.11. The lowest BCUT2D eigenvalue weighted by Crippen LogP contribution is -2.03. The van der Waals surface area contributed by atoms with Crippen LogP contribution in [0.3, 0.4) is 0 Å². The predicted octanol–water partition coefficient (Wildman–Crippen LogP) is 5.90. The second-order valence-corrected chi connectivity index (χ2v) is 8.02. The molecule has 2 heterocycles. The molecule has 0 saturated heterocycles. The van der Waals surface area contributed by atoms with Crippen molar-refractivity contribution in [2.24, 2.45) is 5.10 Å². The minimum Gasteiger partial charge on any atom is -0.252 e. The maximum absolute atomic E-state index is 4.62. The minimum atomic E-state index is 0.755. The third kappa shape index (κ3) is 3.90. The van der Waals surface area contributed by atoms with E-state index in [0.29, 0.717) is 0 Å². The molecule has 0 saturated carbocycles. The fourth-order valence-electron chi connectivity index (χ4n) is 2.86. The smallest absolute Gasteiger partial charge is 0.203 e. The van der Waals surface area contributed by atoms with Gasteiger partial charge in [-0.3, -0.25) is 5.43 Å². The first-order valence-electron chi connectivity index (χ1n) is 8.74. The summed E-state index contributed by atoms with van der Waals surface area (Å²) in [6.07, 6.45) is 1.85. The summed E-state index contributed by atoms with van der Waals surface area (Å²) in [5.74, 6) is 0. The van der Waals surface area contributed by atoms with Gasteiger partial charge in [0.05, 0.1) is 29.0 Å². The molecule has 7 heteroatoms. The van der Waals surface area contributed by atoms with Crippen molar-refractivity contribution in [3.05, 3.63) is 81.9 Å². The van der Waals surface area contributed by atoms with Crippen molar-refractivity contribution in [2.45, 2.75) is 13.8 Å². The average Bonchev–Trinajstić information content (AvgIpc) is 3.34. The van der Waals surface area contributed by atoms with E-state index in [9.17, 15) is 0 Å². The number of nitrogens with one attached hydrogen (secondary N) is 1. The summed E-state index contributed by atoms with van der Waals surface area (Å²) in [7, 11) is 0. The Balaban J connectivity index is 1.51. The Hall–Kier alpha value is -2.77. The monoisotopic (exact) mass is 451 g/mol. The largest absolute Gasteiger partial charge is 0.252 e. The molecule has 0 aliphatic carbocycles. The molecule has 28 heavy (non-hydrogen) atoms. The Kier molecular flexibility index (Phi) is 5.36. The van der Waals surface area contributed by atoms with Crippen LogP contribution in [0, 0.1) is 6.92 Å². The topological polar surface area (TPSA) is 55.1 Å². The Morgan fingerprint density at radius 3 is 2.61 bits per heavy atom. The van der Waals surface area contributed by atoms with Gasteiger partial charge in [-0.1, -0.05) is 46.3 Å². The molecule has 0 bridgehead atoms. The maximum atomic E-state index is 4.62. The molecule has 0 atom stereocenters. The maximum Gasteiger partial charge on any atom is 0.203 e. The third-order valence-corrected chi connectivity index (χ3v) is 5.64. The van der Waals surface area contributed by atoms with E-state index in [1.54, 1.807) is 0 Å². The molecule has 0 amide bonds. The highest BCUT2D eigenvalue weighted by Crippen LogP contribution is 2.26. The van der Waals surface area contributed by atoms with Gasteiger partial charge in [0, 0.05) is 21.0 Å². The van der Waals surface area contributed by atoms with E-state index < -0.39 is 0 Å². The van der Waals surface area contributed by atoms with Crippen LogP contribution in [0.15, 0.2) is 75.7 Å². The number of hydrogen-bond donors (Lipinski definition) is 1. The second kappa shape index (κ2) is 8.08. The van der Waals surface area contributed by atoms with Crippen LogP contribution in [-0.2, 0) is 0 Å². The van der Waals surface area contributed by atoms with Gasteiger partial charge in [0.15, 0.2) is 0 Å². The van der Waals surface area contributed by atoms with Crippen LogP contribution in [0.2, 0.25) is 0 Å². The Morgan fingerprint density at radius 2 is 1.86 bits per heavy atom. The zero-order chi connectivity index (χ0) is 19.5. The molecule has 0 spiro atoms. The molecule has 0 aliphatic heterocycles. The average molecular weight is 452 g/mol. The molecule has 0 unspecified atom stereocenters. The first-order chi connectivity index (χ1) is 13.6. The van der Waals surface area contributed by atoms with Gasteiger partial charge < -0.3 is 0 Å². The number of benzene rings is 2. The number of hydrogen-bond acceptors (Lipinski definition) is 5. The molecule has 2 aromatic carbocycles. The summed E-state index contributed by atoms with van der Waals surface area (Å²) in [4.78, 5) is 4.62. The van der Waals surface area contributed by atoms with Gasteiger partial charge in [-0.15, -0.1) is 11.3 Å². The first kappa shape index (κ1) is 18.6. The summed E-state index contributed by atoms with van der Waals surface area (Å²) in [5.41, 5.74) is 9.02. The Labute approximate surface area is 175 Å². The standard InChI is InChI=1S/C21H18BrN5S/c1-14(19-12-23-27(15(19)2)18-6-4-3-5-7-18)25-26-21-24-20(13-28-21)16-8-10-17(22)11-9-16/h3-13H,1-2H3,(H,24,26)/b25-14+. The van der Waals surface area contributed by atoms with Crippen molar-refractivity contribution in [2.75, 3.05) is 5.43 Å². The van der Waals surface area contributed by atoms with Crippen molar-refractivity contribution in [3.8, 4) is 16.9 Å². The number of thiazole rings is 1. The second-order valence-electron chi connectivity index (χ2n) is 6.24. The Morgan fingerprint density at radius 1 is 1.11 bits per heavy atom. The molecule has 5 nitrogen and oxygen atoms in total. The summed E-state index contributed by atoms with van der Waals surface area (Å²) in [5, 5.41) is 11.8. The van der Waals surface area contributed by atoms with E-state index in [0.717, 1.165) is 43.5 Å². The van der Waals surface area contributed by atoms with E-state index in [1.165, 1.54) is 11.3 Å². The van der Waals surface area contributed by atoms with Crippen LogP contribution in [0.5, 0.6) is 0 Å². The molecule has 0 radical (unpaired) electrons. The van der Waals surface area contributed by atoms with E-state index in [1.807, 2.05) is 84.7 Å². The predicted molar refractivity (Wildman–Crippen MR) is 119 cm³/mol. The fraction of sp³-hybridized carbons (Fsp3) is 0.0952. The van der Waals surface area contributed by atoms with Crippen LogP contribution in [0.4, 0.5) is 5.13 Å². The fourth-order valence-corrected chi connectivity index (χ4v) is 3.79. The molecule has 0 aliphatic rings. The van der Waals surface area contributed by atoms with Gasteiger partial charge in [-0.05, 0) is 38.1 Å².